The molecule has 0 unspecified atom stereocenters. The summed E-state index contributed by atoms with van der Waals surface area (Å²) in [4.78, 5) is 11.5. The lowest BCUT2D eigenvalue weighted by Crippen LogP contribution is -2.24. The third kappa shape index (κ3) is 6.35. The van der Waals surface area contributed by atoms with Crippen LogP contribution >= 0.6 is 27.5 Å². The summed E-state index contributed by atoms with van der Waals surface area (Å²) < 4.78 is 6.03. The summed E-state index contributed by atoms with van der Waals surface area (Å²) in [6.45, 7) is 0.679. The van der Waals surface area contributed by atoms with Crippen LogP contribution in [0.15, 0.2) is 53.0 Å². The number of benzene rings is 2. The van der Waals surface area contributed by atoms with Crippen LogP contribution in [0.1, 0.15) is 17.5 Å². The van der Waals surface area contributed by atoms with E-state index in [-0.39, 0.29) is 6.61 Å². The fourth-order valence-electron chi connectivity index (χ4n) is 1.75. The molecule has 2 aromatic carbocycles. The third-order valence-electron chi connectivity index (χ3n) is 2.88. The van der Waals surface area contributed by atoms with Gasteiger partial charge in [-0.2, -0.15) is 0 Å². The van der Waals surface area contributed by atoms with Gasteiger partial charge in [-0.15, -0.1) is 0 Å². The van der Waals surface area contributed by atoms with Gasteiger partial charge >= 0.3 is 6.09 Å². The van der Waals surface area contributed by atoms with E-state index in [1.807, 2.05) is 42.5 Å². The molecule has 2 aromatic rings. The first kappa shape index (κ1) is 17.4. The summed E-state index contributed by atoms with van der Waals surface area (Å²) in [5.74, 6) is 5.95. The minimum Gasteiger partial charge on any atom is -0.445 e. The monoisotopic (exact) mass is 391 g/mol. The van der Waals surface area contributed by atoms with E-state index >= 15 is 0 Å². The van der Waals surface area contributed by atoms with Gasteiger partial charge in [0.2, 0.25) is 0 Å². The maximum atomic E-state index is 11.5. The normalized spacial score (nSPS) is 9.65. The molecule has 0 bridgehead atoms. The highest BCUT2D eigenvalue weighted by Gasteiger charge is 2.01. The summed E-state index contributed by atoms with van der Waals surface area (Å²) in [7, 11) is 0. The molecule has 0 saturated heterocycles. The zero-order valence-corrected chi connectivity index (χ0v) is 14.7. The zero-order chi connectivity index (χ0) is 16.5. The molecule has 0 radical (unpaired) electrons. The standard InChI is InChI=1S/C18H15BrClNO2/c19-16-9-10-17(20)15(12-16)8-4-5-11-21-18(22)23-13-14-6-2-1-3-7-14/h1-3,6-7,9-10,12H,5,11,13H2,(H,21,22). The highest BCUT2D eigenvalue weighted by molar-refractivity contribution is 9.10. The number of hydrogen-bond donors (Lipinski definition) is 1. The van der Waals surface area contributed by atoms with E-state index in [2.05, 4.69) is 33.1 Å². The van der Waals surface area contributed by atoms with E-state index in [9.17, 15) is 4.79 Å². The molecule has 0 spiro atoms. The Morgan fingerprint density at radius 3 is 2.78 bits per heavy atom. The van der Waals surface area contributed by atoms with Gasteiger partial charge in [-0.3, -0.25) is 0 Å². The van der Waals surface area contributed by atoms with Crippen LogP contribution in [-0.4, -0.2) is 12.6 Å². The summed E-state index contributed by atoms with van der Waals surface area (Å²) in [6.07, 6.45) is 0.0691. The van der Waals surface area contributed by atoms with Gasteiger partial charge in [-0.25, -0.2) is 4.79 Å². The number of carbonyl (C=O) groups excluding carboxylic acids is 1. The number of amides is 1. The average Bonchev–Trinajstić information content (AvgIpc) is 2.56. The number of hydrogen-bond acceptors (Lipinski definition) is 2. The van der Waals surface area contributed by atoms with Crippen molar-refractivity contribution in [2.75, 3.05) is 6.54 Å². The average molecular weight is 393 g/mol. The fourth-order valence-corrected chi connectivity index (χ4v) is 2.28. The number of nitrogens with one attached hydrogen (secondary N) is 1. The second kappa shape index (κ2) is 9.24. The van der Waals surface area contributed by atoms with Gasteiger partial charge in [0.15, 0.2) is 0 Å². The van der Waals surface area contributed by atoms with E-state index in [1.165, 1.54) is 0 Å². The van der Waals surface area contributed by atoms with Crippen LogP contribution in [0.25, 0.3) is 0 Å². The van der Waals surface area contributed by atoms with E-state index in [0.29, 0.717) is 18.0 Å². The summed E-state index contributed by atoms with van der Waals surface area (Å²) >= 11 is 9.42. The highest BCUT2D eigenvalue weighted by Crippen LogP contribution is 2.19. The van der Waals surface area contributed by atoms with Gasteiger partial charge in [-0.05, 0) is 23.8 Å². The quantitative estimate of drug-likeness (QED) is 0.601. The molecule has 0 aromatic heterocycles. The van der Waals surface area contributed by atoms with Crippen LogP contribution in [0.5, 0.6) is 0 Å². The third-order valence-corrected chi connectivity index (χ3v) is 3.71. The van der Waals surface area contributed by atoms with Crippen LogP contribution < -0.4 is 5.32 Å². The van der Waals surface area contributed by atoms with Crippen molar-refractivity contribution < 1.29 is 9.53 Å². The topological polar surface area (TPSA) is 38.3 Å². The Balaban J connectivity index is 1.70. The predicted molar refractivity (Wildman–Crippen MR) is 95.3 cm³/mol. The maximum absolute atomic E-state index is 11.5. The predicted octanol–water partition coefficient (Wildman–Crippen LogP) is 4.77. The zero-order valence-electron chi connectivity index (χ0n) is 12.3. The first-order chi connectivity index (χ1) is 11.1. The Morgan fingerprint density at radius 1 is 1.22 bits per heavy atom. The van der Waals surface area contributed by atoms with Gasteiger partial charge < -0.3 is 10.1 Å². The lowest BCUT2D eigenvalue weighted by atomic mass is 10.2. The maximum Gasteiger partial charge on any atom is 0.407 e. The second-order valence-corrected chi connectivity index (χ2v) is 5.99. The van der Waals surface area contributed by atoms with Crippen molar-refractivity contribution in [2.45, 2.75) is 13.0 Å². The lowest BCUT2D eigenvalue weighted by Gasteiger charge is -2.05. The number of alkyl carbamates (subject to hydrolysis) is 1. The van der Waals surface area contributed by atoms with Crippen molar-refractivity contribution in [1.29, 1.82) is 0 Å². The summed E-state index contributed by atoms with van der Waals surface area (Å²) in [5.41, 5.74) is 1.71. The van der Waals surface area contributed by atoms with Crippen LogP contribution in [-0.2, 0) is 11.3 Å². The molecule has 0 fully saturated rings. The number of rotatable bonds is 4. The summed E-state index contributed by atoms with van der Waals surface area (Å²) in [6, 6.07) is 15.0. The molecular formula is C18H15BrClNO2. The minimum atomic E-state index is -0.448. The minimum absolute atomic E-state index is 0.256. The van der Waals surface area contributed by atoms with Crippen molar-refractivity contribution in [3.8, 4) is 11.8 Å². The molecule has 3 nitrogen and oxygen atoms in total. The van der Waals surface area contributed by atoms with Crippen molar-refractivity contribution in [3.63, 3.8) is 0 Å². The summed E-state index contributed by atoms with van der Waals surface area (Å²) in [5, 5.41) is 3.27. The Hall–Kier alpha value is -1.96. The molecule has 1 amide bonds. The van der Waals surface area contributed by atoms with Crippen molar-refractivity contribution in [3.05, 3.63) is 69.2 Å². The first-order valence-corrected chi connectivity index (χ1v) is 8.21. The van der Waals surface area contributed by atoms with Crippen molar-refractivity contribution >= 4 is 33.6 Å². The molecule has 0 aliphatic rings. The largest absolute Gasteiger partial charge is 0.445 e. The van der Waals surface area contributed by atoms with Gasteiger partial charge in [0.05, 0.1) is 5.02 Å². The Labute approximate surface area is 149 Å². The van der Waals surface area contributed by atoms with Gasteiger partial charge in [0.25, 0.3) is 0 Å². The Bertz CT molecular complexity index is 723. The number of carbonyl (C=O) groups is 1. The molecular weight excluding hydrogens is 378 g/mol. The molecule has 0 aliphatic heterocycles. The molecule has 0 aliphatic carbocycles. The SMILES string of the molecule is O=C(NCCC#Cc1cc(Br)ccc1Cl)OCc1ccccc1. The van der Waals surface area contributed by atoms with Crippen LogP contribution in [0.2, 0.25) is 5.02 Å². The molecule has 5 heteroatoms. The molecule has 1 N–H and O–H groups in total. The molecule has 23 heavy (non-hydrogen) atoms. The molecule has 0 heterocycles. The molecule has 0 atom stereocenters. The highest BCUT2D eigenvalue weighted by atomic mass is 79.9. The van der Waals surface area contributed by atoms with Crippen LogP contribution in [0.3, 0.4) is 0 Å². The Morgan fingerprint density at radius 2 is 2.00 bits per heavy atom. The Kier molecular flexibility index (Phi) is 6.99. The van der Waals surface area contributed by atoms with Crippen LogP contribution in [0.4, 0.5) is 4.79 Å². The fraction of sp³-hybridized carbons (Fsp3) is 0.167. The van der Waals surface area contributed by atoms with Gasteiger partial charge in [0.1, 0.15) is 6.61 Å². The second-order valence-electron chi connectivity index (χ2n) is 4.66. The molecule has 118 valence electrons. The first-order valence-electron chi connectivity index (χ1n) is 7.03. The van der Waals surface area contributed by atoms with E-state index in [4.69, 9.17) is 16.3 Å². The molecule has 0 saturated carbocycles. The van der Waals surface area contributed by atoms with Gasteiger partial charge in [-0.1, -0.05) is 69.7 Å². The molecule has 2 rings (SSSR count). The van der Waals surface area contributed by atoms with Crippen molar-refractivity contribution in [2.24, 2.45) is 0 Å². The smallest absolute Gasteiger partial charge is 0.407 e. The number of halogens is 2. The van der Waals surface area contributed by atoms with Crippen molar-refractivity contribution in [1.82, 2.24) is 5.32 Å². The van der Waals surface area contributed by atoms with Gasteiger partial charge in [0, 0.05) is 23.0 Å². The number of ether oxygens (including phenoxy) is 1. The van der Waals surface area contributed by atoms with E-state index in [1.54, 1.807) is 6.07 Å². The van der Waals surface area contributed by atoms with E-state index in [0.717, 1.165) is 15.6 Å². The van der Waals surface area contributed by atoms with E-state index < -0.39 is 6.09 Å². The van der Waals surface area contributed by atoms with Crippen LogP contribution in [0, 0.1) is 11.8 Å². The lowest BCUT2D eigenvalue weighted by molar-refractivity contribution is 0.140.